The first-order valence-corrected chi connectivity index (χ1v) is 9.12. The molecule has 1 aromatic carbocycles. The van der Waals surface area contributed by atoms with Crippen molar-refractivity contribution in [1.29, 1.82) is 0 Å². The molecular weight excluding hydrogens is 282 g/mol. The fraction of sp³-hybridized carbons (Fsp3) is 0.529. The molecule has 114 valence electrons. The van der Waals surface area contributed by atoms with Crippen LogP contribution in [0.25, 0.3) is 0 Å². The van der Waals surface area contributed by atoms with E-state index in [0.717, 1.165) is 18.4 Å². The highest BCUT2D eigenvalue weighted by molar-refractivity contribution is 7.89. The summed E-state index contributed by atoms with van der Waals surface area (Å²) in [6.45, 7) is 7.19. The number of hydrogen-bond donors (Lipinski definition) is 0. The van der Waals surface area contributed by atoms with Crippen molar-refractivity contribution < 1.29 is 8.42 Å². The Hall–Kier alpha value is -1.13. The summed E-state index contributed by atoms with van der Waals surface area (Å²) in [5.41, 5.74) is 1.07. The van der Waals surface area contributed by atoms with Gasteiger partial charge in [-0.15, -0.1) is 6.58 Å². The van der Waals surface area contributed by atoms with Crippen LogP contribution in [-0.4, -0.2) is 25.8 Å². The second-order valence-electron chi connectivity index (χ2n) is 6.47. The first-order valence-electron chi connectivity index (χ1n) is 7.68. The van der Waals surface area contributed by atoms with Crippen LogP contribution in [-0.2, 0) is 10.0 Å². The Morgan fingerprint density at radius 1 is 1.29 bits per heavy atom. The van der Waals surface area contributed by atoms with Gasteiger partial charge in [-0.2, -0.15) is 4.31 Å². The Balaban J connectivity index is 1.90. The molecule has 0 aromatic heterocycles. The zero-order chi connectivity index (χ0) is 15.1. The van der Waals surface area contributed by atoms with Gasteiger partial charge in [-0.25, -0.2) is 8.42 Å². The van der Waals surface area contributed by atoms with Gasteiger partial charge in [0.15, 0.2) is 0 Å². The minimum Gasteiger partial charge on any atom is -0.207 e. The monoisotopic (exact) mass is 305 g/mol. The third-order valence-electron chi connectivity index (χ3n) is 5.27. The predicted molar refractivity (Wildman–Crippen MR) is 84.5 cm³/mol. The number of aryl methyl sites for hydroxylation is 1. The summed E-state index contributed by atoms with van der Waals surface area (Å²) in [5.74, 6) is 0.611. The second-order valence-corrected chi connectivity index (χ2v) is 8.40. The Morgan fingerprint density at radius 3 is 2.67 bits per heavy atom. The van der Waals surface area contributed by atoms with Crippen LogP contribution < -0.4 is 0 Å². The average molecular weight is 305 g/mol. The topological polar surface area (TPSA) is 37.4 Å². The maximum Gasteiger partial charge on any atom is 0.243 e. The number of benzene rings is 1. The molecule has 1 aromatic rings. The van der Waals surface area contributed by atoms with Gasteiger partial charge in [-0.1, -0.05) is 30.2 Å². The average Bonchev–Trinajstić information content (AvgIpc) is 2.91. The molecule has 2 aliphatic rings. The molecule has 0 radical (unpaired) electrons. The zero-order valence-corrected chi connectivity index (χ0v) is 13.4. The number of hydrogen-bond acceptors (Lipinski definition) is 2. The van der Waals surface area contributed by atoms with Gasteiger partial charge in [-0.05, 0) is 44.2 Å². The van der Waals surface area contributed by atoms with Crippen LogP contribution in [0.2, 0.25) is 0 Å². The highest BCUT2D eigenvalue weighted by Crippen LogP contribution is 2.49. The van der Waals surface area contributed by atoms with Gasteiger partial charge in [-0.3, -0.25) is 0 Å². The molecule has 1 saturated heterocycles. The Labute approximate surface area is 127 Å². The number of rotatable bonds is 3. The maximum absolute atomic E-state index is 12.8. The molecule has 1 saturated carbocycles. The molecule has 2 fully saturated rings. The smallest absolute Gasteiger partial charge is 0.207 e. The lowest BCUT2D eigenvalue weighted by Crippen LogP contribution is -2.47. The number of fused-ring (bicyclic) bond motifs is 1. The highest BCUT2D eigenvalue weighted by atomic mass is 32.2. The molecule has 1 aliphatic carbocycles. The third-order valence-corrected chi connectivity index (χ3v) is 7.13. The van der Waals surface area contributed by atoms with Crippen molar-refractivity contribution in [2.75, 3.05) is 13.1 Å². The molecule has 1 heterocycles. The number of nitrogens with zero attached hydrogens (tertiary/aromatic N) is 1. The summed E-state index contributed by atoms with van der Waals surface area (Å²) in [7, 11) is -3.38. The molecule has 0 N–H and O–H groups in total. The number of sulfonamides is 1. The Bertz CT molecular complexity index is 635. The van der Waals surface area contributed by atoms with Gasteiger partial charge in [0.1, 0.15) is 0 Å². The number of piperidine rings is 1. The fourth-order valence-corrected chi connectivity index (χ4v) is 5.45. The van der Waals surface area contributed by atoms with Crippen LogP contribution >= 0.6 is 0 Å². The minimum atomic E-state index is -3.38. The van der Waals surface area contributed by atoms with E-state index in [1.54, 1.807) is 16.4 Å². The van der Waals surface area contributed by atoms with E-state index in [0.29, 0.717) is 23.9 Å². The summed E-state index contributed by atoms with van der Waals surface area (Å²) < 4.78 is 27.3. The lowest BCUT2D eigenvalue weighted by molar-refractivity contribution is 0.144. The summed E-state index contributed by atoms with van der Waals surface area (Å²) in [4.78, 5) is 0.406. The van der Waals surface area contributed by atoms with E-state index in [9.17, 15) is 8.42 Å². The van der Waals surface area contributed by atoms with Crippen molar-refractivity contribution in [2.45, 2.75) is 37.5 Å². The molecule has 3 rings (SSSR count). The van der Waals surface area contributed by atoms with Crippen molar-refractivity contribution in [3.63, 3.8) is 0 Å². The third kappa shape index (κ3) is 2.44. The van der Waals surface area contributed by atoms with Gasteiger partial charge in [0.05, 0.1) is 4.90 Å². The van der Waals surface area contributed by atoms with Gasteiger partial charge >= 0.3 is 0 Å². The first kappa shape index (κ1) is 14.8. The first-order chi connectivity index (χ1) is 9.98. The van der Waals surface area contributed by atoms with Crippen molar-refractivity contribution in [3.05, 3.63) is 42.5 Å². The van der Waals surface area contributed by atoms with Crippen LogP contribution in [0.3, 0.4) is 0 Å². The molecule has 0 spiro atoms. The molecule has 2 atom stereocenters. The minimum absolute atomic E-state index is 0.00395. The molecular formula is C17H23NO2S. The van der Waals surface area contributed by atoms with Gasteiger partial charge in [0.25, 0.3) is 0 Å². The lowest BCUT2D eigenvalue weighted by atomic mass is 9.74. The lowest BCUT2D eigenvalue weighted by Gasteiger charge is -2.42. The largest absolute Gasteiger partial charge is 0.243 e. The van der Waals surface area contributed by atoms with Gasteiger partial charge in [0, 0.05) is 18.5 Å². The van der Waals surface area contributed by atoms with E-state index >= 15 is 0 Å². The summed E-state index contributed by atoms with van der Waals surface area (Å²) in [6, 6.07) is 7.15. The fourth-order valence-electron chi connectivity index (χ4n) is 3.91. The summed E-state index contributed by atoms with van der Waals surface area (Å²) >= 11 is 0. The van der Waals surface area contributed by atoms with Crippen molar-refractivity contribution in [1.82, 2.24) is 4.31 Å². The van der Waals surface area contributed by atoms with Crippen molar-refractivity contribution in [2.24, 2.45) is 11.3 Å². The summed E-state index contributed by atoms with van der Waals surface area (Å²) in [6.07, 6.45) is 6.44. The molecule has 0 unspecified atom stereocenters. The summed E-state index contributed by atoms with van der Waals surface area (Å²) in [5, 5.41) is 0. The van der Waals surface area contributed by atoms with E-state index < -0.39 is 10.0 Å². The molecule has 0 bridgehead atoms. The quantitative estimate of drug-likeness (QED) is 0.803. The Kier molecular flexibility index (Phi) is 3.70. The van der Waals surface area contributed by atoms with Gasteiger partial charge in [0.2, 0.25) is 10.0 Å². The van der Waals surface area contributed by atoms with Gasteiger partial charge < -0.3 is 0 Å². The molecule has 21 heavy (non-hydrogen) atoms. The maximum atomic E-state index is 12.8. The normalized spacial score (nSPS) is 30.0. The van der Waals surface area contributed by atoms with E-state index in [4.69, 9.17) is 0 Å². The van der Waals surface area contributed by atoms with E-state index in [1.807, 2.05) is 25.1 Å². The van der Waals surface area contributed by atoms with E-state index in [2.05, 4.69) is 6.58 Å². The van der Waals surface area contributed by atoms with Crippen molar-refractivity contribution in [3.8, 4) is 0 Å². The van der Waals surface area contributed by atoms with E-state index in [-0.39, 0.29) is 5.41 Å². The Morgan fingerprint density at radius 2 is 2.00 bits per heavy atom. The zero-order valence-electron chi connectivity index (χ0n) is 12.6. The SMILES string of the molecule is C=C[C@]12CCC[C@@H]1CCN(S(=O)(=O)c1ccc(C)cc1)C2. The van der Waals surface area contributed by atoms with Crippen LogP contribution in [0, 0.1) is 18.3 Å². The molecule has 4 heteroatoms. The van der Waals surface area contributed by atoms with Crippen LogP contribution in [0.5, 0.6) is 0 Å². The van der Waals surface area contributed by atoms with Crippen LogP contribution in [0.4, 0.5) is 0 Å². The molecule has 3 nitrogen and oxygen atoms in total. The van der Waals surface area contributed by atoms with Crippen molar-refractivity contribution >= 4 is 10.0 Å². The predicted octanol–water partition coefficient (Wildman–Crippen LogP) is 3.36. The van der Waals surface area contributed by atoms with Crippen LogP contribution in [0.1, 0.15) is 31.2 Å². The van der Waals surface area contributed by atoms with Crippen LogP contribution in [0.15, 0.2) is 41.8 Å². The standard InChI is InChI=1S/C17H23NO2S/c1-3-17-11-4-5-15(17)10-12-18(13-17)21(19,20)16-8-6-14(2)7-9-16/h3,6-9,15H,1,4-5,10-13H2,2H3/t15-,17-/m1/s1. The second kappa shape index (κ2) is 5.25. The molecule has 0 amide bonds. The molecule has 1 aliphatic heterocycles. The highest BCUT2D eigenvalue weighted by Gasteiger charge is 2.46. The van der Waals surface area contributed by atoms with E-state index in [1.165, 1.54) is 12.8 Å².